The van der Waals surface area contributed by atoms with Gasteiger partial charge in [-0.3, -0.25) is 0 Å². The van der Waals surface area contributed by atoms with Crippen molar-refractivity contribution < 1.29 is 0 Å². The van der Waals surface area contributed by atoms with Crippen LogP contribution in [0.5, 0.6) is 0 Å². The van der Waals surface area contributed by atoms with E-state index in [-0.39, 0.29) is 0 Å². The molecule has 6 heteroatoms. The van der Waals surface area contributed by atoms with Gasteiger partial charge in [0.05, 0.1) is 6.04 Å². The van der Waals surface area contributed by atoms with Gasteiger partial charge in [0.1, 0.15) is 0 Å². The molecule has 0 radical (unpaired) electrons. The highest BCUT2D eigenvalue weighted by Crippen LogP contribution is 2.27. The second-order valence-corrected chi connectivity index (χ2v) is 9.99. The van der Waals surface area contributed by atoms with E-state index in [1.54, 1.807) is 0 Å². The van der Waals surface area contributed by atoms with Gasteiger partial charge in [0, 0.05) is 48.5 Å². The van der Waals surface area contributed by atoms with Crippen LogP contribution in [-0.2, 0) is 0 Å². The standard InChI is InChI=1S/C24H42N6/c1-5-13-25-17(9-1)21-22(18-10-2-6-14-26-18)30-24(20-12-4-8-16-28-20)23(29-21)19-11-3-7-15-27-19/h1,5,9,18-30H,2-4,6-8,10-16H2. The van der Waals surface area contributed by atoms with Crippen LogP contribution in [0.15, 0.2) is 23.9 Å². The van der Waals surface area contributed by atoms with E-state index in [0.717, 1.165) is 19.6 Å². The van der Waals surface area contributed by atoms with Crippen LogP contribution in [0.1, 0.15) is 57.8 Å². The summed E-state index contributed by atoms with van der Waals surface area (Å²) in [6.45, 7) is 4.42. The highest BCUT2D eigenvalue weighted by molar-refractivity contribution is 5.27. The molecule has 7 unspecified atom stereocenters. The second kappa shape index (κ2) is 10.1. The van der Waals surface area contributed by atoms with Gasteiger partial charge in [-0.15, -0.1) is 0 Å². The molecular weight excluding hydrogens is 372 g/mol. The molecule has 4 fully saturated rings. The van der Waals surface area contributed by atoms with E-state index < -0.39 is 0 Å². The lowest BCUT2D eigenvalue weighted by atomic mass is 9.79. The molecule has 30 heavy (non-hydrogen) atoms. The maximum Gasteiger partial charge on any atom is 0.0643 e. The number of rotatable bonds is 4. The molecule has 5 heterocycles. The van der Waals surface area contributed by atoms with Gasteiger partial charge in [0.15, 0.2) is 0 Å². The van der Waals surface area contributed by atoms with Gasteiger partial charge in [-0.25, -0.2) is 0 Å². The van der Waals surface area contributed by atoms with Crippen molar-refractivity contribution in [2.75, 3.05) is 26.2 Å². The number of piperazine rings is 1. The lowest BCUT2D eigenvalue weighted by Crippen LogP contribution is -2.78. The first-order chi connectivity index (χ1) is 14.9. The minimum Gasteiger partial charge on any atom is -0.384 e. The van der Waals surface area contributed by atoms with Crippen molar-refractivity contribution in [1.82, 2.24) is 31.9 Å². The molecule has 4 saturated heterocycles. The Kier molecular flexibility index (Phi) is 7.08. The van der Waals surface area contributed by atoms with Crippen LogP contribution in [-0.4, -0.2) is 68.5 Å². The number of dihydropyridines is 1. The van der Waals surface area contributed by atoms with Crippen molar-refractivity contribution in [3.8, 4) is 0 Å². The van der Waals surface area contributed by atoms with Crippen LogP contribution in [0.25, 0.3) is 0 Å². The summed E-state index contributed by atoms with van der Waals surface area (Å²) < 4.78 is 0. The zero-order chi connectivity index (χ0) is 20.2. The van der Waals surface area contributed by atoms with Crippen molar-refractivity contribution in [3.63, 3.8) is 0 Å². The molecule has 0 bridgehead atoms. The molecule has 168 valence electrons. The van der Waals surface area contributed by atoms with Crippen molar-refractivity contribution in [1.29, 1.82) is 0 Å². The first kappa shape index (κ1) is 21.0. The lowest BCUT2D eigenvalue weighted by molar-refractivity contribution is 0.113. The Hall–Kier alpha value is -0.920. The van der Waals surface area contributed by atoms with Crippen molar-refractivity contribution in [2.45, 2.75) is 100 Å². The molecular formula is C24H42N6. The minimum absolute atomic E-state index is 0.333. The third kappa shape index (κ3) is 4.63. The summed E-state index contributed by atoms with van der Waals surface area (Å²) in [5.74, 6) is 0. The minimum atomic E-state index is 0.333. The third-order valence-corrected chi connectivity index (χ3v) is 8.02. The van der Waals surface area contributed by atoms with E-state index in [1.807, 2.05) is 0 Å². The summed E-state index contributed by atoms with van der Waals surface area (Å²) in [5, 5.41) is 23.8. The van der Waals surface area contributed by atoms with E-state index >= 15 is 0 Å². The van der Waals surface area contributed by atoms with Gasteiger partial charge in [0.25, 0.3) is 0 Å². The summed E-state index contributed by atoms with van der Waals surface area (Å²) in [5.41, 5.74) is 1.36. The fraction of sp³-hybridized carbons (Fsp3) is 0.833. The van der Waals surface area contributed by atoms with Crippen LogP contribution in [0.4, 0.5) is 0 Å². The SMILES string of the molecule is C1=CCNC(C2NC(C3CCCCN3)C(C3CCCCN3)NC2C2CCCCN2)=C1. The van der Waals surface area contributed by atoms with Gasteiger partial charge >= 0.3 is 0 Å². The summed E-state index contributed by atoms with van der Waals surface area (Å²) in [7, 11) is 0. The zero-order valence-electron chi connectivity index (χ0n) is 18.5. The molecule has 0 saturated carbocycles. The first-order valence-corrected chi connectivity index (χ1v) is 12.7. The summed E-state index contributed by atoms with van der Waals surface area (Å²) in [4.78, 5) is 0. The molecule has 0 spiro atoms. The van der Waals surface area contributed by atoms with E-state index in [1.165, 1.54) is 70.0 Å². The molecule has 5 aliphatic heterocycles. The smallest absolute Gasteiger partial charge is 0.0643 e. The quantitative estimate of drug-likeness (QED) is 0.414. The maximum atomic E-state index is 4.26. The van der Waals surface area contributed by atoms with Crippen LogP contribution in [0.2, 0.25) is 0 Å². The maximum absolute atomic E-state index is 4.26. The molecule has 6 nitrogen and oxygen atoms in total. The lowest BCUT2D eigenvalue weighted by Gasteiger charge is -2.53. The van der Waals surface area contributed by atoms with E-state index in [2.05, 4.69) is 50.1 Å². The average Bonchev–Trinajstić information content (AvgIpc) is 2.85. The molecule has 5 aliphatic rings. The van der Waals surface area contributed by atoms with Gasteiger partial charge in [0.2, 0.25) is 0 Å². The number of hydrogen-bond acceptors (Lipinski definition) is 6. The fourth-order valence-corrected chi connectivity index (χ4v) is 6.45. The van der Waals surface area contributed by atoms with Crippen molar-refractivity contribution >= 4 is 0 Å². The Bertz CT molecular complexity index is 601. The monoisotopic (exact) mass is 414 g/mol. The number of allylic oxidation sites excluding steroid dienone is 2. The van der Waals surface area contributed by atoms with E-state index in [4.69, 9.17) is 0 Å². The van der Waals surface area contributed by atoms with Crippen molar-refractivity contribution in [2.24, 2.45) is 0 Å². The predicted molar refractivity (Wildman–Crippen MR) is 124 cm³/mol. The second-order valence-electron chi connectivity index (χ2n) is 9.99. The number of hydrogen-bond donors (Lipinski definition) is 6. The Morgan fingerprint density at radius 1 is 0.633 bits per heavy atom. The normalized spacial score (nSPS) is 42.9. The number of piperidine rings is 3. The van der Waals surface area contributed by atoms with E-state index in [9.17, 15) is 0 Å². The van der Waals surface area contributed by atoms with Gasteiger partial charge in [-0.05, 0) is 64.2 Å². The largest absolute Gasteiger partial charge is 0.384 e. The molecule has 5 rings (SSSR count). The Balaban J connectivity index is 1.43. The van der Waals surface area contributed by atoms with Crippen molar-refractivity contribution in [3.05, 3.63) is 23.9 Å². The highest BCUT2D eigenvalue weighted by Gasteiger charge is 2.46. The van der Waals surface area contributed by atoms with Crippen LogP contribution >= 0.6 is 0 Å². The van der Waals surface area contributed by atoms with Gasteiger partial charge in [-0.1, -0.05) is 31.4 Å². The first-order valence-electron chi connectivity index (χ1n) is 12.7. The average molecular weight is 415 g/mol. The van der Waals surface area contributed by atoms with Crippen LogP contribution in [0.3, 0.4) is 0 Å². The summed E-state index contributed by atoms with van der Waals surface area (Å²) in [6, 6.07) is 3.35. The fourth-order valence-electron chi connectivity index (χ4n) is 6.45. The van der Waals surface area contributed by atoms with E-state index in [0.29, 0.717) is 42.3 Å². The molecule has 7 atom stereocenters. The Labute approximate surface area is 182 Å². The van der Waals surface area contributed by atoms with Gasteiger partial charge < -0.3 is 31.9 Å². The Morgan fingerprint density at radius 2 is 1.20 bits per heavy atom. The predicted octanol–water partition coefficient (Wildman–Crippen LogP) is 1.12. The molecule has 0 aromatic rings. The Morgan fingerprint density at radius 3 is 1.70 bits per heavy atom. The highest BCUT2D eigenvalue weighted by atomic mass is 15.2. The van der Waals surface area contributed by atoms with Crippen LogP contribution in [0, 0.1) is 0 Å². The topological polar surface area (TPSA) is 72.2 Å². The zero-order valence-corrected chi connectivity index (χ0v) is 18.5. The van der Waals surface area contributed by atoms with Crippen LogP contribution < -0.4 is 31.9 Å². The molecule has 6 N–H and O–H groups in total. The molecule has 0 amide bonds. The number of nitrogens with one attached hydrogen (secondary N) is 6. The summed E-state index contributed by atoms with van der Waals surface area (Å²) in [6.07, 6.45) is 18.6. The van der Waals surface area contributed by atoms with Gasteiger partial charge in [-0.2, -0.15) is 0 Å². The molecule has 0 aromatic carbocycles. The molecule has 0 aromatic heterocycles. The molecule has 0 aliphatic carbocycles. The third-order valence-electron chi connectivity index (χ3n) is 8.02. The summed E-state index contributed by atoms with van der Waals surface area (Å²) >= 11 is 0.